The van der Waals surface area contributed by atoms with Crippen molar-refractivity contribution in [3.63, 3.8) is 0 Å². The summed E-state index contributed by atoms with van der Waals surface area (Å²) in [5, 5.41) is 0. The Hall–Kier alpha value is -2.93. The summed E-state index contributed by atoms with van der Waals surface area (Å²) in [5.74, 6) is 0.324. The normalized spacial score (nSPS) is 11.1. The summed E-state index contributed by atoms with van der Waals surface area (Å²) in [4.78, 5) is 12.8. The van der Waals surface area contributed by atoms with Crippen LogP contribution in [-0.2, 0) is 30.5 Å². The second kappa shape index (κ2) is 15.5. The first-order chi connectivity index (χ1) is 18.4. The maximum absolute atomic E-state index is 12.8. The Morgan fingerprint density at radius 2 is 1.37 bits per heavy atom. The first kappa shape index (κ1) is 29.6. The number of ketones is 1. The molecule has 0 radical (unpaired) electrons. The highest BCUT2D eigenvalue weighted by Gasteiger charge is 2.10. The first-order valence-electron chi connectivity index (χ1n) is 14.8. The van der Waals surface area contributed by atoms with Crippen molar-refractivity contribution >= 4 is 11.4 Å². The average Bonchev–Trinajstić information content (AvgIpc) is 2.92. The molecule has 0 bridgehead atoms. The zero-order valence-electron chi connectivity index (χ0n) is 24.4. The fraction of sp³-hybridized carbons (Fsp3) is 0.432. The van der Waals surface area contributed by atoms with Gasteiger partial charge in [-0.3, -0.25) is 4.79 Å². The predicted molar refractivity (Wildman–Crippen MR) is 165 cm³/mol. The van der Waals surface area contributed by atoms with Crippen molar-refractivity contribution in [2.24, 2.45) is 0 Å². The third-order valence-electron chi connectivity index (χ3n) is 7.88. The number of rotatable bonds is 16. The Labute approximate surface area is 232 Å². The Kier molecular flexibility index (Phi) is 12.1. The van der Waals surface area contributed by atoms with Crippen molar-refractivity contribution in [1.29, 1.82) is 0 Å². The van der Waals surface area contributed by atoms with E-state index < -0.39 is 0 Å². The lowest BCUT2D eigenvalue weighted by molar-refractivity contribution is -0.118. The minimum absolute atomic E-state index is 0.324. The Morgan fingerprint density at radius 1 is 0.711 bits per heavy atom. The SMILES string of the molecule is C=C(CCCCCCCC)c1cccc(Cc2ccc(CCC(=O)Cc3cc(C)c(C)cc3CC)cc2)c1. The number of Topliss-reactive ketones (excluding diaryl/α,β-unsaturated/α-hetero) is 1. The highest BCUT2D eigenvalue weighted by molar-refractivity contribution is 5.81. The molecule has 0 N–H and O–H groups in total. The van der Waals surface area contributed by atoms with Gasteiger partial charge in [0.2, 0.25) is 0 Å². The molecule has 0 heterocycles. The maximum Gasteiger partial charge on any atom is 0.137 e. The van der Waals surface area contributed by atoms with Crippen LogP contribution >= 0.6 is 0 Å². The van der Waals surface area contributed by atoms with Crippen molar-refractivity contribution in [3.05, 3.63) is 112 Å². The van der Waals surface area contributed by atoms with Crippen LogP contribution in [-0.4, -0.2) is 5.78 Å². The van der Waals surface area contributed by atoms with Gasteiger partial charge in [-0.2, -0.15) is 0 Å². The lowest BCUT2D eigenvalue weighted by Gasteiger charge is -2.11. The van der Waals surface area contributed by atoms with Gasteiger partial charge in [-0.05, 0) is 96.0 Å². The molecule has 3 aromatic rings. The van der Waals surface area contributed by atoms with Gasteiger partial charge in [0, 0.05) is 12.8 Å². The molecule has 202 valence electrons. The number of hydrogen-bond donors (Lipinski definition) is 0. The molecular weight excluding hydrogens is 460 g/mol. The summed E-state index contributed by atoms with van der Waals surface area (Å²) in [6.45, 7) is 13.1. The van der Waals surface area contributed by atoms with E-state index in [1.165, 1.54) is 88.6 Å². The molecule has 0 fully saturated rings. The minimum atomic E-state index is 0.324. The first-order valence-corrected chi connectivity index (χ1v) is 14.8. The molecule has 0 saturated carbocycles. The lowest BCUT2D eigenvalue weighted by Crippen LogP contribution is -2.07. The van der Waals surface area contributed by atoms with Crippen LogP contribution in [0.5, 0.6) is 0 Å². The average molecular weight is 509 g/mol. The van der Waals surface area contributed by atoms with E-state index in [2.05, 4.69) is 94.9 Å². The van der Waals surface area contributed by atoms with Crippen LogP contribution in [0, 0.1) is 13.8 Å². The fourth-order valence-electron chi connectivity index (χ4n) is 5.24. The van der Waals surface area contributed by atoms with Crippen LogP contribution in [0.2, 0.25) is 0 Å². The number of carbonyl (C=O) groups is 1. The Balaban J connectivity index is 1.48. The van der Waals surface area contributed by atoms with Gasteiger partial charge >= 0.3 is 0 Å². The zero-order chi connectivity index (χ0) is 27.3. The molecule has 0 atom stereocenters. The summed E-state index contributed by atoms with van der Waals surface area (Å²) < 4.78 is 0. The van der Waals surface area contributed by atoms with Crippen LogP contribution in [0.25, 0.3) is 5.57 Å². The van der Waals surface area contributed by atoms with E-state index in [-0.39, 0.29) is 0 Å². The smallest absolute Gasteiger partial charge is 0.137 e. The second-order valence-electron chi connectivity index (χ2n) is 11.1. The Morgan fingerprint density at radius 3 is 2.08 bits per heavy atom. The molecule has 0 unspecified atom stereocenters. The number of allylic oxidation sites excluding steroid dienone is 1. The van der Waals surface area contributed by atoms with Crippen LogP contribution in [0.4, 0.5) is 0 Å². The molecule has 3 aromatic carbocycles. The number of hydrogen-bond acceptors (Lipinski definition) is 1. The van der Waals surface area contributed by atoms with E-state index in [0.29, 0.717) is 18.6 Å². The molecule has 38 heavy (non-hydrogen) atoms. The second-order valence-corrected chi connectivity index (χ2v) is 11.1. The number of carbonyl (C=O) groups excluding carboxylic acids is 1. The zero-order valence-corrected chi connectivity index (χ0v) is 24.4. The van der Waals surface area contributed by atoms with Crippen molar-refractivity contribution in [3.8, 4) is 0 Å². The van der Waals surface area contributed by atoms with Gasteiger partial charge in [0.1, 0.15) is 5.78 Å². The molecular formula is C37H48O. The highest BCUT2D eigenvalue weighted by Crippen LogP contribution is 2.23. The van der Waals surface area contributed by atoms with Gasteiger partial charge in [0.05, 0.1) is 0 Å². The topological polar surface area (TPSA) is 17.1 Å². The summed E-state index contributed by atoms with van der Waals surface area (Å²) >= 11 is 0. The van der Waals surface area contributed by atoms with Crippen LogP contribution < -0.4 is 0 Å². The lowest BCUT2D eigenvalue weighted by atomic mass is 9.93. The van der Waals surface area contributed by atoms with Crippen molar-refractivity contribution in [2.75, 3.05) is 0 Å². The minimum Gasteiger partial charge on any atom is -0.299 e. The number of benzene rings is 3. The van der Waals surface area contributed by atoms with Crippen LogP contribution in [0.3, 0.4) is 0 Å². The third-order valence-corrected chi connectivity index (χ3v) is 7.88. The summed E-state index contributed by atoms with van der Waals surface area (Å²) in [7, 11) is 0. The van der Waals surface area contributed by atoms with E-state index >= 15 is 0 Å². The summed E-state index contributed by atoms with van der Waals surface area (Å²) in [5.41, 5.74) is 11.5. The summed E-state index contributed by atoms with van der Waals surface area (Å²) in [6.07, 6.45) is 12.8. The van der Waals surface area contributed by atoms with Gasteiger partial charge in [0.25, 0.3) is 0 Å². The largest absolute Gasteiger partial charge is 0.299 e. The van der Waals surface area contributed by atoms with Crippen LogP contribution in [0.15, 0.2) is 67.2 Å². The molecule has 1 nitrogen and oxygen atoms in total. The van der Waals surface area contributed by atoms with Crippen molar-refractivity contribution in [2.45, 2.75) is 105 Å². The van der Waals surface area contributed by atoms with Gasteiger partial charge in [0.15, 0.2) is 0 Å². The molecule has 0 saturated heterocycles. The molecule has 1 heteroatoms. The van der Waals surface area contributed by atoms with E-state index in [1.54, 1.807) is 0 Å². The van der Waals surface area contributed by atoms with Crippen LogP contribution in [0.1, 0.15) is 110 Å². The van der Waals surface area contributed by atoms with Crippen molar-refractivity contribution in [1.82, 2.24) is 0 Å². The van der Waals surface area contributed by atoms with E-state index in [9.17, 15) is 4.79 Å². The summed E-state index contributed by atoms with van der Waals surface area (Å²) in [6, 6.07) is 22.2. The van der Waals surface area contributed by atoms with Gasteiger partial charge in [-0.1, -0.05) is 113 Å². The molecule has 0 aliphatic carbocycles. The molecule has 0 aliphatic heterocycles. The highest BCUT2D eigenvalue weighted by atomic mass is 16.1. The number of aryl methyl sites for hydroxylation is 4. The van der Waals surface area contributed by atoms with E-state index in [1.807, 2.05) is 0 Å². The monoisotopic (exact) mass is 508 g/mol. The standard InChI is InChI=1S/C37H48O/c1-6-8-9-10-11-12-14-28(3)35-16-13-15-33(26-35)25-32-19-17-31(18-20-32)21-22-37(38)27-36-24-30(5)29(4)23-34(36)7-2/h13,15-20,23-24,26H,3,6-12,14,21-22,25,27H2,1-2,4-5H3. The van der Waals surface area contributed by atoms with Gasteiger partial charge in [-0.15, -0.1) is 0 Å². The quantitative estimate of drug-likeness (QED) is 0.176. The predicted octanol–water partition coefficient (Wildman–Crippen LogP) is 9.96. The number of unbranched alkanes of at least 4 members (excludes halogenated alkanes) is 5. The molecule has 0 spiro atoms. The van der Waals surface area contributed by atoms with Crippen molar-refractivity contribution < 1.29 is 4.79 Å². The Bertz CT molecular complexity index is 1180. The molecule has 0 amide bonds. The van der Waals surface area contributed by atoms with E-state index in [0.717, 1.165) is 25.7 Å². The third kappa shape index (κ3) is 9.43. The molecule has 3 rings (SSSR count). The fourth-order valence-corrected chi connectivity index (χ4v) is 5.24. The van der Waals surface area contributed by atoms with Gasteiger partial charge in [-0.25, -0.2) is 0 Å². The van der Waals surface area contributed by atoms with E-state index in [4.69, 9.17) is 0 Å². The molecule has 0 aliphatic rings. The maximum atomic E-state index is 12.8. The van der Waals surface area contributed by atoms with Gasteiger partial charge < -0.3 is 0 Å². The molecule has 0 aromatic heterocycles.